The molecule has 19 heavy (non-hydrogen) atoms. The van der Waals surface area contributed by atoms with E-state index in [0.29, 0.717) is 5.92 Å². The molecule has 0 atom stereocenters. The van der Waals surface area contributed by atoms with E-state index in [4.69, 9.17) is 17.0 Å². The lowest BCUT2D eigenvalue weighted by Gasteiger charge is -2.21. The standard InChI is InChI=1S/C15H24N2OS/c1-12(2)13-6-8-14(9-7-13)16-15(19)17(3)10-5-11-18-4/h6-9,12H,5,10-11H2,1-4H3,(H,16,19). The summed E-state index contributed by atoms with van der Waals surface area (Å²) in [6, 6.07) is 8.43. The van der Waals surface area contributed by atoms with Crippen LogP contribution in [-0.4, -0.2) is 37.3 Å². The maximum atomic E-state index is 5.37. The van der Waals surface area contributed by atoms with Crippen LogP contribution < -0.4 is 5.32 Å². The van der Waals surface area contributed by atoms with E-state index in [-0.39, 0.29) is 0 Å². The molecule has 4 heteroatoms. The van der Waals surface area contributed by atoms with Crippen LogP contribution in [0.1, 0.15) is 31.7 Å². The van der Waals surface area contributed by atoms with Gasteiger partial charge in [0, 0.05) is 33.0 Å². The molecular weight excluding hydrogens is 256 g/mol. The minimum absolute atomic E-state index is 0.553. The average Bonchev–Trinajstić information content (AvgIpc) is 2.39. The van der Waals surface area contributed by atoms with E-state index in [2.05, 4.69) is 43.4 Å². The van der Waals surface area contributed by atoms with E-state index in [1.54, 1.807) is 7.11 Å². The molecule has 0 aromatic heterocycles. The molecule has 106 valence electrons. The number of nitrogens with one attached hydrogen (secondary N) is 1. The molecule has 3 nitrogen and oxygen atoms in total. The topological polar surface area (TPSA) is 24.5 Å². The average molecular weight is 280 g/mol. The predicted octanol–water partition coefficient (Wildman–Crippen LogP) is 3.48. The van der Waals surface area contributed by atoms with Gasteiger partial charge in [0.15, 0.2) is 5.11 Å². The molecule has 1 aromatic carbocycles. The Bertz CT molecular complexity index is 390. The number of benzene rings is 1. The van der Waals surface area contributed by atoms with E-state index in [1.807, 2.05) is 11.9 Å². The zero-order chi connectivity index (χ0) is 14.3. The van der Waals surface area contributed by atoms with E-state index >= 15 is 0 Å². The third kappa shape index (κ3) is 5.57. The molecule has 0 fully saturated rings. The molecule has 0 heterocycles. The van der Waals surface area contributed by atoms with Gasteiger partial charge >= 0.3 is 0 Å². The highest BCUT2D eigenvalue weighted by Gasteiger charge is 2.05. The predicted molar refractivity (Wildman–Crippen MR) is 85.9 cm³/mol. The van der Waals surface area contributed by atoms with Gasteiger partial charge in [-0.3, -0.25) is 0 Å². The SMILES string of the molecule is COCCCN(C)C(=S)Nc1ccc(C(C)C)cc1. The molecule has 0 spiro atoms. The van der Waals surface area contributed by atoms with Gasteiger partial charge < -0.3 is 15.0 Å². The van der Waals surface area contributed by atoms with Crippen LogP contribution in [-0.2, 0) is 4.74 Å². The molecule has 1 rings (SSSR count). The van der Waals surface area contributed by atoms with Crippen molar-refractivity contribution in [1.29, 1.82) is 0 Å². The van der Waals surface area contributed by atoms with Crippen LogP contribution in [0.25, 0.3) is 0 Å². The van der Waals surface area contributed by atoms with Gasteiger partial charge in [0.25, 0.3) is 0 Å². The first kappa shape index (κ1) is 15.9. The van der Waals surface area contributed by atoms with E-state index in [9.17, 15) is 0 Å². The summed E-state index contributed by atoms with van der Waals surface area (Å²) in [6.07, 6.45) is 0.973. The summed E-state index contributed by atoms with van der Waals surface area (Å²) >= 11 is 5.37. The first-order valence-electron chi connectivity index (χ1n) is 6.65. The number of hydrogen-bond acceptors (Lipinski definition) is 2. The van der Waals surface area contributed by atoms with Crippen LogP contribution in [0.2, 0.25) is 0 Å². The highest BCUT2D eigenvalue weighted by atomic mass is 32.1. The summed E-state index contributed by atoms with van der Waals surface area (Å²) in [5, 5.41) is 4.00. The van der Waals surface area contributed by atoms with Gasteiger partial charge in [0.05, 0.1) is 0 Å². The van der Waals surface area contributed by atoms with Crippen molar-refractivity contribution in [2.75, 3.05) is 32.6 Å². The van der Waals surface area contributed by atoms with Crippen LogP contribution in [0.15, 0.2) is 24.3 Å². The van der Waals surface area contributed by atoms with Crippen LogP contribution in [0, 0.1) is 0 Å². The second-order valence-electron chi connectivity index (χ2n) is 4.97. The second-order valence-corrected chi connectivity index (χ2v) is 5.36. The van der Waals surface area contributed by atoms with Gasteiger partial charge in [0.2, 0.25) is 0 Å². The van der Waals surface area contributed by atoms with Gasteiger partial charge in [-0.25, -0.2) is 0 Å². The summed E-state index contributed by atoms with van der Waals surface area (Å²) in [7, 11) is 3.71. The highest BCUT2D eigenvalue weighted by molar-refractivity contribution is 7.80. The molecule has 0 aliphatic heterocycles. The van der Waals surface area contributed by atoms with E-state index < -0.39 is 0 Å². The summed E-state index contributed by atoms with van der Waals surface area (Å²) < 4.78 is 5.04. The fraction of sp³-hybridized carbons (Fsp3) is 0.533. The molecule has 0 unspecified atom stereocenters. The van der Waals surface area contributed by atoms with Gasteiger partial charge in [-0.05, 0) is 42.3 Å². The van der Waals surface area contributed by atoms with Crippen LogP contribution in [0.4, 0.5) is 5.69 Å². The Morgan fingerprint density at radius 2 is 1.95 bits per heavy atom. The zero-order valence-electron chi connectivity index (χ0n) is 12.3. The van der Waals surface area contributed by atoms with Crippen molar-refractivity contribution >= 4 is 23.0 Å². The third-order valence-corrected chi connectivity index (χ3v) is 3.43. The fourth-order valence-electron chi connectivity index (χ4n) is 1.72. The Kier molecular flexibility index (Phi) is 6.81. The van der Waals surface area contributed by atoms with Crippen molar-refractivity contribution in [3.05, 3.63) is 29.8 Å². The highest BCUT2D eigenvalue weighted by Crippen LogP contribution is 2.17. The maximum Gasteiger partial charge on any atom is 0.173 e. The second kappa shape index (κ2) is 8.12. The van der Waals surface area contributed by atoms with Crippen LogP contribution >= 0.6 is 12.2 Å². The Balaban J connectivity index is 2.47. The monoisotopic (exact) mass is 280 g/mol. The molecule has 1 N–H and O–H groups in total. The Morgan fingerprint density at radius 1 is 1.32 bits per heavy atom. The quantitative estimate of drug-likeness (QED) is 0.637. The van der Waals surface area contributed by atoms with Crippen molar-refractivity contribution in [2.24, 2.45) is 0 Å². The van der Waals surface area contributed by atoms with Gasteiger partial charge in [0.1, 0.15) is 0 Å². The molecular formula is C15H24N2OS. The van der Waals surface area contributed by atoms with Gasteiger partial charge in [-0.15, -0.1) is 0 Å². The Hall–Kier alpha value is -1.13. The van der Waals surface area contributed by atoms with Crippen molar-refractivity contribution in [1.82, 2.24) is 4.90 Å². The number of nitrogens with zero attached hydrogens (tertiary/aromatic N) is 1. The first-order valence-corrected chi connectivity index (χ1v) is 7.06. The molecule has 0 amide bonds. The fourth-order valence-corrected chi connectivity index (χ4v) is 1.93. The normalized spacial score (nSPS) is 10.6. The molecule has 0 saturated heterocycles. The zero-order valence-corrected chi connectivity index (χ0v) is 13.1. The van der Waals surface area contributed by atoms with E-state index in [1.165, 1.54) is 5.56 Å². The molecule has 0 aliphatic carbocycles. The van der Waals surface area contributed by atoms with Crippen molar-refractivity contribution in [2.45, 2.75) is 26.2 Å². The molecule has 0 aliphatic rings. The lowest BCUT2D eigenvalue weighted by molar-refractivity contribution is 0.189. The number of thiocarbonyl (C=S) groups is 1. The first-order chi connectivity index (χ1) is 9.04. The van der Waals surface area contributed by atoms with Crippen molar-refractivity contribution < 1.29 is 4.74 Å². The van der Waals surface area contributed by atoms with Gasteiger partial charge in [-0.2, -0.15) is 0 Å². The summed E-state index contributed by atoms with van der Waals surface area (Å²) in [5.74, 6) is 0.553. The Morgan fingerprint density at radius 3 is 2.47 bits per heavy atom. The van der Waals surface area contributed by atoms with Crippen molar-refractivity contribution in [3.63, 3.8) is 0 Å². The van der Waals surface area contributed by atoms with Gasteiger partial charge in [-0.1, -0.05) is 26.0 Å². The number of methoxy groups -OCH3 is 1. The number of ether oxygens (including phenoxy) is 1. The summed E-state index contributed by atoms with van der Waals surface area (Å²) in [6.45, 7) is 6.03. The minimum atomic E-state index is 0.553. The molecule has 0 saturated carbocycles. The minimum Gasteiger partial charge on any atom is -0.385 e. The lowest BCUT2D eigenvalue weighted by Crippen LogP contribution is -2.32. The number of rotatable bonds is 6. The number of anilines is 1. The van der Waals surface area contributed by atoms with Crippen molar-refractivity contribution in [3.8, 4) is 0 Å². The van der Waals surface area contributed by atoms with E-state index in [0.717, 1.165) is 30.4 Å². The molecule has 0 bridgehead atoms. The third-order valence-electron chi connectivity index (χ3n) is 3.02. The largest absolute Gasteiger partial charge is 0.385 e. The summed E-state index contributed by atoms with van der Waals surface area (Å²) in [4.78, 5) is 2.03. The van der Waals surface area contributed by atoms with Crippen LogP contribution in [0.5, 0.6) is 0 Å². The Labute approximate surface area is 121 Å². The number of hydrogen-bond donors (Lipinski definition) is 1. The molecule has 1 aromatic rings. The van der Waals surface area contributed by atoms with Crippen LogP contribution in [0.3, 0.4) is 0 Å². The smallest absolute Gasteiger partial charge is 0.173 e. The summed E-state index contributed by atoms with van der Waals surface area (Å²) in [5.41, 5.74) is 2.37. The lowest BCUT2D eigenvalue weighted by atomic mass is 10.0. The molecule has 0 radical (unpaired) electrons. The maximum absolute atomic E-state index is 5.37.